The van der Waals surface area contributed by atoms with Crippen LogP contribution in [0.3, 0.4) is 0 Å². The molecule has 4 N–H and O–H groups in total. The Morgan fingerprint density at radius 3 is 2.42 bits per heavy atom. The SMILES string of the molecule is CN1CCN(CCc2ccc(NC(=N)N)cc2)CC1. The second kappa shape index (κ2) is 6.54. The Morgan fingerprint density at radius 2 is 1.84 bits per heavy atom. The summed E-state index contributed by atoms with van der Waals surface area (Å²) in [7, 11) is 2.18. The van der Waals surface area contributed by atoms with Crippen molar-refractivity contribution < 1.29 is 0 Å². The number of piperazine rings is 1. The molecule has 5 nitrogen and oxygen atoms in total. The van der Waals surface area contributed by atoms with Crippen LogP contribution in [0.5, 0.6) is 0 Å². The van der Waals surface area contributed by atoms with Crippen LogP contribution in [0.15, 0.2) is 24.3 Å². The number of nitrogens with two attached hydrogens (primary N) is 1. The van der Waals surface area contributed by atoms with E-state index < -0.39 is 0 Å². The van der Waals surface area contributed by atoms with E-state index in [2.05, 4.69) is 34.3 Å². The van der Waals surface area contributed by atoms with Crippen LogP contribution in [-0.2, 0) is 6.42 Å². The minimum atomic E-state index is -0.0230. The molecule has 1 aromatic rings. The average Bonchev–Trinajstić information content (AvgIpc) is 2.39. The Balaban J connectivity index is 1.78. The van der Waals surface area contributed by atoms with Crippen molar-refractivity contribution >= 4 is 11.6 Å². The predicted molar refractivity (Wildman–Crippen MR) is 79.6 cm³/mol. The average molecular weight is 261 g/mol. The molecule has 0 atom stereocenters. The van der Waals surface area contributed by atoms with Gasteiger partial charge in [0, 0.05) is 38.4 Å². The third-order valence-corrected chi connectivity index (χ3v) is 3.55. The Kier molecular flexibility index (Phi) is 4.76. The van der Waals surface area contributed by atoms with Crippen LogP contribution in [0.4, 0.5) is 5.69 Å². The van der Waals surface area contributed by atoms with Crippen LogP contribution in [-0.4, -0.2) is 55.5 Å². The van der Waals surface area contributed by atoms with Gasteiger partial charge in [-0.05, 0) is 31.2 Å². The number of rotatable bonds is 4. The molecule has 0 unspecified atom stereocenters. The lowest BCUT2D eigenvalue weighted by Crippen LogP contribution is -2.45. The van der Waals surface area contributed by atoms with Gasteiger partial charge in [0.05, 0.1) is 0 Å². The van der Waals surface area contributed by atoms with Gasteiger partial charge >= 0.3 is 0 Å². The van der Waals surface area contributed by atoms with Crippen molar-refractivity contribution in [1.82, 2.24) is 9.80 Å². The molecule has 2 rings (SSSR count). The zero-order chi connectivity index (χ0) is 13.7. The van der Waals surface area contributed by atoms with Crippen molar-refractivity contribution in [3.8, 4) is 0 Å². The Bertz CT molecular complexity index is 406. The fourth-order valence-corrected chi connectivity index (χ4v) is 2.27. The topological polar surface area (TPSA) is 68.4 Å². The first kappa shape index (κ1) is 13.8. The Labute approximate surface area is 114 Å². The van der Waals surface area contributed by atoms with Gasteiger partial charge in [-0.1, -0.05) is 12.1 Å². The summed E-state index contributed by atoms with van der Waals surface area (Å²) in [5.41, 5.74) is 7.49. The lowest BCUT2D eigenvalue weighted by Gasteiger charge is -2.32. The molecule has 0 bridgehead atoms. The first-order valence-corrected chi connectivity index (χ1v) is 6.74. The molecule has 0 aromatic heterocycles. The predicted octanol–water partition coefficient (Wildman–Crippen LogP) is 0.782. The fraction of sp³-hybridized carbons (Fsp3) is 0.500. The minimum absolute atomic E-state index is 0.0230. The van der Waals surface area contributed by atoms with Crippen molar-refractivity contribution in [3.63, 3.8) is 0 Å². The third kappa shape index (κ3) is 4.54. The molecular formula is C14H23N5. The quantitative estimate of drug-likeness (QED) is 0.553. The van der Waals surface area contributed by atoms with Crippen molar-refractivity contribution in [2.24, 2.45) is 5.73 Å². The van der Waals surface area contributed by atoms with Crippen molar-refractivity contribution in [2.75, 3.05) is 45.1 Å². The molecule has 1 aliphatic rings. The number of likely N-dealkylation sites (N-methyl/N-ethyl adjacent to an activating group) is 1. The number of benzene rings is 1. The van der Waals surface area contributed by atoms with E-state index in [9.17, 15) is 0 Å². The highest BCUT2D eigenvalue weighted by Crippen LogP contribution is 2.10. The molecule has 1 aromatic carbocycles. The fourth-order valence-electron chi connectivity index (χ4n) is 2.27. The first-order chi connectivity index (χ1) is 9.13. The van der Waals surface area contributed by atoms with Crippen LogP contribution in [0.25, 0.3) is 0 Å². The standard InChI is InChI=1S/C14H23N5/c1-18-8-10-19(11-9-18)7-6-12-2-4-13(5-3-12)17-14(15)16/h2-5H,6-11H2,1H3,(H4,15,16,17). The molecule has 1 fully saturated rings. The van der Waals surface area contributed by atoms with Crippen molar-refractivity contribution in [3.05, 3.63) is 29.8 Å². The minimum Gasteiger partial charge on any atom is -0.370 e. The highest BCUT2D eigenvalue weighted by Gasteiger charge is 2.12. The summed E-state index contributed by atoms with van der Waals surface area (Å²) in [6.45, 7) is 5.79. The normalized spacial score (nSPS) is 17.3. The number of nitrogens with one attached hydrogen (secondary N) is 2. The number of hydrogen-bond donors (Lipinski definition) is 3. The smallest absolute Gasteiger partial charge is 0.190 e. The molecule has 5 heteroatoms. The summed E-state index contributed by atoms with van der Waals surface area (Å²) >= 11 is 0. The van der Waals surface area contributed by atoms with Gasteiger partial charge in [-0.3, -0.25) is 5.41 Å². The number of nitrogens with zero attached hydrogens (tertiary/aromatic N) is 2. The molecule has 1 saturated heterocycles. The van der Waals surface area contributed by atoms with Gasteiger partial charge in [0.1, 0.15) is 0 Å². The van der Waals surface area contributed by atoms with Gasteiger partial charge in [0.15, 0.2) is 5.96 Å². The van der Waals surface area contributed by atoms with Gasteiger partial charge < -0.3 is 20.9 Å². The molecular weight excluding hydrogens is 238 g/mol. The zero-order valence-electron chi connectivity index (χ0n) is 11.5. The van der Waals surface area contributed by atoms with Crippen molar-refractivity contribution in [2.45, 2.75) is 6.42 Å². The van der Waals surface area contributed by atoms with Gasteiger partial charge in [-0.15, -0.1) is 0 Å². The van der Waals surface area contributed by atoms with Crippen LogP contribution in [0, 0.1) is 5.41 Å². The summed E-state index contributed by atoms with van der Waals surface area (Å²) in [5, 5.41) is 9.96. The van der Waals surface area contributed by atoms with Crippen LogP contribution < -0.4 is 11.1 Å². The zero-order valence-corrected chi connectivity index (χ0v) is 11.5. The summed E-state index contributed by atoms with van der Waals surface area (Å²) in [6.07, 6.45) is 1.07. The molecule has 0 spiro atoms. The van der Waals surface area contributed by atoms with Gasteiger partial charge in [-0.25, -0.2) is 0 Å². The van der Waals surface area contributed by atoms with E-state index in [1.165, 1.54) is 31.7 Å². The molecule has 104 valence electrons. The Morgan fingerprint density at radius 1 is 1.21 bits per heavy atom. The molecule has 19 heavy (non-hydrogen) atoms. The maximum absolute atomic E-state index is 7.17. The van der Waals surface area contributed by atoms with E-state index >= 15 is 0 Å². The van der Waals surface area contributed by atoms with Crippen molar-refractivity contribution in [1.29, 1.82) is 5.41 Å². The van der Waals surface area contributed by atoms with E-state index in [0.29, 0.717) is 0 Å². The number of anilines is 1. The monoisotopic (exact) mass is 261 g/mol. The van der Waals surface area contributed by atoms with E-state index in [1.807, 2.05) is 12.1 Å². The van der Waals surface area contributed by atoms with Crippen LogP contribution in [0.2, 0.25) is 0 Å². The molecule has 0 amide bonds. The largest absolute Gasteiger partial charge is 0.370 e. The summed E-state index contributed by atoms with van der Waals surface area (Å²) < 4.78 is 0. The second-order valence-electron chi connectivity index (χ2n) is 5.13. The lowest BCUT2D eigenvalue weighted by molar-refractivity contribution is 0.155. The van der Waals surface area contributed by atoms with Gasteiger partial charge in [0.2, 0.25) is 0 Å². The molecule has 0 aliphatic carbocycles. The highest BCUT2D eigenvalue weighted by atomic mass is 15.2. The summed E-state index contributed by atoms with van der Waals surface area (Å²) in [4.78, 5) is 4.89. The number of hydrogen-bond acceptors (Lipinski definition) is 3. The molecule has 0 saturated carbocycles. The lowest BCUT2D eigenvalue weighted by atomic mass is 10.1. The van der Waals surface area contributed by atoms with E-state index in [-0.39, 0.29) is 5.96 Å². The molecule has 1 heterocycles. The number of guanidine groups is 1. The summed E-state index contributed by atoms with van der Waals surface area (Å²) in [6, 6.07) is 8.14. The van der Waals surface area contributed by atoms with E-state index in [0.717, 1.165) is 18.7 Å². The molecule has 1 aliphatic heterocycles. The Hall–Kier alpha value is -1.59. The highest BCUT2D eigenvalue weighted by molar-refractivity contribution is 5.89. The second-order valence-corrected chi connectivity index (χ2v) is 5.13. The van der Waals surface area contributed by atoms with Crippen LogP contribution in [0.1, 0.15) is 5.56 Å². The van der Waals surface area contributed by atoms with E-state index in [4.69, 9.17) is 11.1 Å². The van der Waals surface area contributed by atoms with Crippen LogP contribution >= 0.6 is 0 Å². The summed E-state index contributed by atoms with van der Waals surface area (Å²) in [5.74, 6) is -0.0230. The van der Waals surface area contributed by atoms with E-state index in [1.54, 1.807) is 0 Å². The third-order valence-electron chi connectivity index (χ3n) is 3.55. The maximum atomic E-state index is 7.17. The first-order valence-electron chi connectivity index (χ1n) is 6.74. The maximum Gasteiger partial charge on any atom is 0.190 e. The van der Waals surface area contributed by atoms with Gasteiger partial charge in [-0.2, -0.15) is 0 Å². The molecule has 0 radical (unpaired) electrons. The van der Waals surface area contributed by atoms with Gasteiger partial charge in [0.25, 0.3) is 0 Å².